The average molecular weight is 412 g/mol. The molecule has 0 saturated heterocycles. The number of halogens is 2. The number of amides is 2. The molecule has 0 aliphatic heterocycles. The number of rotatable bonds is 8. The fourth-order valence-electron chi connectivity index (χ4n) is 2.23. The van der Waals surface area contributed by atoms with Gasteiger partial charge in [0, 0.05) is 24.0 Å². The van der Waals surface area contributed by atoms with E-state index in [1.807, 2.05) is 18.4 Å². The third kappa shape index (κ3) is 6.20. The molecule has 2 aromatic rings. The van der Waals surface area contributed by atoms with Gasteiger partial charge in [0.05, 0.1) is 10.6 Å². The molecule has 0 fully saturated rings. The summed E-state index contributed by atoms with van der Waals surface area (Å²) >= 11 is 13.5. The molecule has 1 aromatic heterocycles. The first-order valence-electron chi connectivity index (χ1n) is 7.92. The van der Waals surface area contributed by atoms with Crippen LogP contribution in [0, 0.1) is 0 Å². The number of nitrogens with zero attached hydrogens (tertiary/aromatic N) is 1. The molecule has 2 amide bonds. The van der Waals surface area contributed by atoms with Gasteiger partial charge in [0.1, 0.15) is 6.04 Å². The number of thioether (sulfide) groups is 1. The first kappa shape index (κ1) is 20.6. The van der Waals surface area contributed by atoms with Gasteiger partial charge in [-0.2, -0.15) is 11.8 Å². The third-order valence-corrected chi connectivity index (χ3v) is 4.82. The lowest BCUT2D eigenvalue weighted by atomic mass is 10.1. The molecule has 8 heteroatoms. The highest BCUT2D eigenvalue weighted by Gasteiger charge is 2.22. The molecule has 0 radical (unpaired) electrons. The maximum Gasteiger partial charge on any atom is 0.253 e. The molecule has 0 unspecified atom stereocenters. The second kappa shape index (κ2) is 10.4. The summed E-state index contributed by atoms with van der Waals surface area (Å²) in [6, 6.07) is 7.62. The van der Waals surface area contributed by atoms with Crippen molar-refractivity contribution in [3.8, 4) is 0 Å². The van der Waals surface area contributed by atoms with Crippen molar-refractivity contribution in [2.45, 2.75) is 19.0 Å². The van der Waals surface area contributed by atoms with E-state index in [1.54, 1.807) is 36.3 Å². The second-order valence-electron chi connectivity index (χ2n) is 5.50. The largest absolute Gasteiger partial charge is 0.350 e. The number of pyridine rings is 1. The summed E-state index contributed by atoms with van der Waals surface area (Å²) in [5.41, 5.74) is 1.22. The van der Waals surface area contributed by atoms with Crippen molar-refractivity contribution < 1.29 is 9.59 Å². The number of aromatic nitrogens is 1. The van der Waals surface area contributed by atoms with E-state index in [0.29, 0.717) is 18.0 Å². The summed E-state index contributed by atoms with van der Waals surface area (Å²) < 4.78 is 0. The lowest BCUT2D eigenvalue weighted by molar-refractivity contribution is -0.123. The van der Waals surface area contributed by atoms with Crippen molar-refractivity contribution in [1.82, 2.24) is 15.6 Å². The summed E-state index contributed by atoms with van der Waals surface area (Å²) in [6.45, 7) is 0.370. The van der Waals surface area contributed by atoms with Gasteiger partial charge < -0.3 is 10.6 Å². The molecular formula is C18H19Cl2N3O2S. The Kier molecular flexibility index (Phi) is 8.22. The van der Waals surface area contributed by atoms with Crippen molar-refractivity contribution >= 4 is 46.8 Å². The van der Waals surface area contributed by atoms with E-state index in [2.05, 4.69) is 15.6 Å². The molecule has 5 nitrogen and oxygen atoms in total. The quantitative estimate of drug-likeness (QED) is 0.696. The monoisotopic (exact) mass is 411 g/mol. The van der Waals surface area contributed by atoms with Crippen molar-refractivity contribution in [3.05, 3.63) is 63.9 Å². The molecule has 0 aliphatic carbocycles. The summed E-state index contributed by atoms with van der Waals surface area (Å²) in [5.74, 6) is 0.0910. The predicted octanol–water partition coefficient (Wildman–Crippen LogP) is 3.56. The molecule has 2 rings (SSSR count). The molecular weight excluding hydrogens is 393 g/mol. The average Bonchev–Trinajstić information content (AvgIpc) is 2.63. The number of carbonyl (C=O) groups is 2. The first-order valence-corrected chi connectivity index (χ1v) is 10.1. The Balaban J connectivity index is 2.03. The van der Waals surface area contributed by atoms with Crippen LogP contribution in [0.15, 0.2) is 42.7 Å². The highest BCUT2D eigenvalue weighted by atomic mass is 35.5. The first-order chi connectivity index (χ1) is 12.5. The van der Waals surface area contributed by atoms with Gasteiger partial charge in [-0.05, 0) is 54.3 Å². The molecule has 0 saturated carbocycles. The van der Waals surface area contributed by atoms with Crippen LogP contribution in [0.3, 0.4) is 0 Å². The Bertz CT molecular complexity index is 759. The Morgan fingerprint density at radius 3 is 2.58 bits per heavy atom. The van der Waals surface area contributed by atoms with Crippen LogP contribution in [0.2, 0.25) is 10.0 Å². The lowest BCUT2D eigenvalue weighted by Gasteiger charge is -2.18. The Labute approximate surface area is 166 Å². The second-order valence-corrected chi connectivity index (χ2v) is 7.33. The van der Waals surface area contributed by atoms with Crippen LogP contribution in [-0.4, -0.2) is 34.8 Å². The predicted molar refractivity (Wildman–Crippen MR) is 107 cm³/mol. The van der Waals surface area contributed by atoms with Crippen molar-refractivity contribution in [3.63, 3.8) is 0 Å². The van der Waals surface area contributed by atoms with Crippen molar-refractivity contribution in [1.29, 1.82) is 0 Å². The number of hydrogen-bond donors (Lipinski definition) is 2. The fourth-order valence-corrected chi connectivity index (χ4v) is 3.19. The highest BCUT2D eigenvalue weighted by molar-refractivity contribution is 7.98. The Morgan fingerprint density at radius 1 is 1.19 bits per heavy atom. The number of benzene rings is 1. The lowest BCUT2D eigenvalue weighted by Crippen LogP contribution is -2.47. The van der Waals surface area contributed by atoms with E-state index in [1.165, 1.54) is 6.07 Å². The van der Waals surface area contributed by atoms with E-state index in [0.717, 1.165) is 11.3 Å². The van der Waals surface area contributed by atoms with Gasteiger partial charge in [0.2, 0.25) is 5.91 Å². The third-order valence-electron chi connectivity index (χ3n) is 3.62. The van der Waals surface area contributed by atoms with Gasteiger partial charge in [-0.1, -0.05) is 23.2 Å². The van der Waals surface area contributed by atoms with Gasteiger partial charge in [0.25, 0.3) is 5.91 Å². The van der Waals surface area contributed by atoms with Crippen LogP contribution >= 0.6 is 35.0 Å². The van der Waals surface area contributed by atoms with E-state index in [4.69, 9.17) is 23.2 Å². The summed E-state index contributed by atoms with van der Waals surface area (Å²) in [5, 5.41) is 6.30. The Morgan fingerprint density at radius 2 is 1.92 bits per heavy atom. The minimum atomic E-state index is -0.650. The van der Waals surface area contributed by atoms with Crippen LogP contribution in [-0.2, 0) is 11.3 Å². The smallest absolute Gasteiger partial charge is 0.253 e. The normalized spacial score (nSPS) is 11.7. The molecule has 1 atom stereocenters. The molecule has 0 bridgehead atoms. The zero-order valence-electron chi connectivity index (χ0n) is 14.2. The zero-order valence-corrected chi connectivity index (χ0v) is 16.5. The fraction of sp³-hybridized carbons (Fsp3) is 0.278. The van der Waals surface area contributed by atoms with Gasteiger partial charge in [0.15, 0.2) is 0 Å². The number of nitrogens with one attached hydrogen (secondary N) is 2. The number of hydrogen-bond acceptors (Lipinski definition) is 4. The van der Waals surface area contributed by atoms with Gasteiger partial charge in [-0.25, -0.2) is 0 Å². The van der Waals surface area contributed by atoms with E-state index in [9.17, 15) is 9.59 Å². The van der Waals surface area contributed by atoms with E-state index < -0.39 is 11.9 Å². The molecule has 0 spiro atoms. The highest BCUT2D eigenvalue weighted by Crippen LogP contribution is 2.21. The standard InChI is InChI=1S/C18H19Cl2N3O2S/c1-26-9-6-16(18(25)22-11-12-4-7-21-8-5-12)23-17(24)14-3-2-13(19)10-15(14)20/h2-5,7-8,10,16H,6,9,11H2,1H3,(H,22,25)(H,23,24)/t16-/m1/s1. The molecule has 1 aromatic carbocycles. The van der Waals surface area contributed by atoms with E-state index >= 15 is 0 Å². The maximum absolute atomic E-state index is 12.5. The molecule has 2 N–H and O–H groups in total. The van der Waals surface area contributed by atoms with Crippen molar-refractivity contribution in [2.24, 2.45) is 0 Å². The summed E-state index contributed by atoms with van der Waals surface area (Å²) in [7, 11) is 0. The molecule has 26 heavy (non-hydrogen) atoms. The van der Waals surface area contributed by atoms with Crippen LogP contribution in [0.5, 0.6) is 0 Å². The molecule has 0 aliphatic rings. The van der Waals surface area contributed by atoms with Crippen LogP contribution in [0.1, 0.15) is 22.3 Å². The van der Waals surface area contributed by atoms with Crippen LogP contribution < -0.4 is 10.6 Å². The van der Waals surface area contributed by atoms with Crippen LogP contribution in [0.25, 0.3) is 0 Å². The van der Waals surface area contributed by atoms with Gasteiger partial charge >= 0.3 is 0 Å². The summed E-state index contributed by atoms with van der Waals surface area (Å²) in [6.07, 6.45) is 5.79. The minimum absolute atomic E-state index is 0.241. The van der Waals surface area contributed by atoms with E-state index in [-0.39, 0.29) is 16.5 Å². The van der Waals surface area contributed by atoms with Gasteiger partial charge in [-0.15, -0.1) is 0 Å². The minimum Gasteiger partial charge on any atom is -0.350 e. The Hall–Kier alpha value is -1.76. The number of carbonyl (C=O) groups excluding carboxylic acids is 2. The van der Waals surface area contributed by atoms with Crippen molar-refractivity contribution in [2.75, 3.05) is 12.0 Å². The topological polar surface area (TPSA) is 71.1 Å². The zero-order chi connectivity index (χ0) is 18.9. The van der Waals surface area contributed by atoms with Gasteiger partial charge in [-0.3, -0.25) is 14.6 Å². The maximum atomic E-state index is 12.5. The van der Waals surface area contributed by atoms with Crippen LogP contribution in [0.4, 0.5) is 0 Å². The molecule has 138 valence electrons. The molecule has 1 heterocycles. The SMILES string of the molecule is CSCC[C@@H](NC(=O)c1ccc(Cl)cc1Cl)C(=O)NCc1ccncc1. The summed E-state index contributed by atoms with van der Waals surface area (Å²) in [4.78, 5) is 29.0.